The summed E-state index contributed by atoms with van der Waals surface area (Å²) >= 11 is 0. The van der Waals surface area contributed by atoms with Crippen LogP contribution in [0.2, 0.25) is 0 Å². The normalized spacial score (nSPS) is 12.4. The second kappa shape index (κ2) is 6.05. The van der Waals surface area contributed by atoms with Crippen molar-refractivity contribution >= 4 is 19.4 Å². The quantitative estimate of drug-likeness (QED) is 0.301. The third-order valence-corrected chi connectivity index (χ3v) is 1.55. The molecule has 0 heterocycles. The minimum Gasteiger partial charge on any atom is -0.460 e. The number of carbonyl (C=O) groups excluding carboxylic acids is 1. The zero-order valence-electron chi connectivity index (χ0n) is 10.0. The standard InChI is InChI=1S/C11H18N2O3/c1-8(16-13-6)9(12-5)7-10(14)15-11(2,3)4/h9H,1,5-7H2,2-4H3. The maximum absolute atomic E-state index is 11.5. The van der Waals surface area contributed by atoms with Gasteiger partial charge >= 0.3 is 5.97 Å². The third-order valence-electron chi connectivity index (χ3n) is 1.55. The summed E-state index contributed by atoms with van der Waals surface area (Å²) in [5.74, 6) is -0.172. The van der Waals surface area contributed by atoms with Gasteiger partial charge in [-0.1, -0.05) is 11.7 Å². The van der Waals surface area contributed by atoms with Gasteiger partial charge in [-0.2, -0.15) is 0 Å². The molecule has 0 spiro atoms. The minimum absolute atomic E-state index is 0.0229. The number of esters is 1. The van der Waals surface area contributed by atoms with Gasteiger partial charge in [0.05, 0.1) is 6.42 Å². The highest BCUT2D eigenvalue weighted by atomic mass is 16.6. The van der Waals surface area contributed by atoms with Crippen molar-refractivity contribution in [1.82, 2.24) is 0 Å². The number of hydrogen-bond donors (Lipinski definition) is 0. The number of hydrogen-bond acceptors (Lipinski definition) is 5. The van der Waals surface area contributed by atoms with Crippen LogP contribution in [-0.2, 0) is 14.4 Å². The number of oxime groups is 1. The van der Waals surface area contributed by atoms with E-state index in [-0.39, 0.29) is 12.2 Å². The van der Waals surface area contributed by atoms with Crippen LogP contribution in [0.1, 0.15) is 27.2 Å². The molecule has 0 aromatic rings. The molecule has 90 valence electrons. The summed E-state index contributed by atoms with van der Waals surface area (Å²) in [7, 11) is 0. The van der Waals surface area contributed by atoms with Gasteiger partial charge in [0.25, 0.3) is 0 Å². The maximum Gasteiger partial charge on any atom is 0.308 e. The van der Waals surface area contributed by atoms with Crippen molar-refractivity contribution in [2.24, 2.45) is 10.1 Å². The molecule has 1 unspecified atom stereocenters. The van der Waals surface area contributed by atoms with Crippen molar-refractivity contribution in [3.63, 3.8) is 0 Å². The van der Waals surface area contributed by atoms with Crippen LogP contribution in [0.4, 0.5) is 0 Å². The van der Waals surface area contributed by atoms with E-state index >= 15 is 0 Å². The van der Waals surface area contributed by atoms with Crippen molar-refractivity contribution in [3.8, 4) is 0 Å². The Kier molecular flexibility index (Phi) is 5.42. The van der Waals surface area contributed by atoms with Crippen LogP contribution in [0.3, 0.4) is 0 Å². The summed E-state index contributed by atoms with van der Waals surface area (Å²) in [6, 6.07) is -0.569. The molecule has 0 saturated heterocycles. The van der Waals surface area contributed by atoms with Gasteiger partial charge in [-0.05, 0) is 27.5 Å². The largest absolute Gasteiger partial charge is 0.460 e. The molecule has 0 aliphatic rings. The second-order valence-corrected chi connectivity index (χ2v) is 4.18. The Morgan fingerprint density at radius 1 is 1.38 bits per heavy atom. The van der Waals surface area contributed by atoms with Gasteiger partial charge in [0, 0.05) is 6.72 Å². The first kappa shape index (κ1) is 14.3. The molecule has 0 aromatic heterocycles. The monoisotopic (exact) mass is 226 g/mol. The SMILES string of the molecule is C=NOC(=C)C(CC(=O)OC(C)(C)C)N=C. The lowest BCUT2D eigenvalue weighted by Gasteiger charge is -2.20. The molecule has 0 aromatic carbocycles. The number of ether oxygens (including phenoxy) is 1. The van der Waals surface area contributed by atoms with Gasteiger partial charge in [-0.15, -0.1) is 0 Å². The fourth-order valence-corrected chi connectivity index (χ4v) is 0.965. The molecule has 0 aliphatic heterocycles. The lowest BCUT2D eigenvalue weighted by Crippen LogP contribution is -2.26. The predicted octanol–water partition coefficient (Wildman–Crippen LogP) is 1.93. The molecular formula is C11H18N2O3. The van der Waals surface area contributed by atoms with Gasteiger partial charge in [0.1, 0.15) is 11.6 Å². The summed E-state index contributed by atoms with van der Waals surface area (Å²) in [5.41, 5.74) is -0.526. The average Bonchev–Trinajstić information content (AvgIpc) is 2.11. The van der Waals surface area contributed by atoms with E-state index in [1.165, 1.54) is 0 Å². The summed E-state index contributed by atoms with van der Waals surface area (Å²) in [5, 5.41) is 3.20. The topological polar surface area (TPSA) is 60.2 Å². The fourth-order valence-electron chi connectivity index (χ4n) is 0.965. The highest BCUT2D eigenvalue weighted by Crippen LogP contribution is 2.14. The predicted molar refractivity (Wildman–Crippen MR) is 63.6 cm³/mol. The minimum atomic E-state index is -0.569. The molecule has 0 aliphatic carbocycles. The molecule has 0 amide bonds. The van der Waals surface area contributed by atoms with E-state index in [9.17, 15) is 4.79 Å². The van der Waals surface area contributed by atoms with Gasteiger partial charge in [-0.25, -0.2) is 0 Å². The van der Waals surface area contributed by atoms with Crippen LogP contribution in [0, 0.1) is 0 Å². The molecule has 0 saturated carbocycles. The zero-order valence-corrected chi connectivity index (χ0v) is 10.0. The maximum atomic E-state index is 11.5. The Morgan fingerprint density at radius 3 is 2.31 bits per heavy atom. The van der Waals surface area contributed by atoms with E-state index in [1.807, 2.05) is 0 Å². The van der Waals surface area contributed by atoms with Crippen LogP contribution >= 0.6 is 0 Å². The smallest absolute Gasteiger partial charge is 0.308 e. The number of carbonyl (C=O) groups is 1. The summed E-state index contributed by atoms with van der Waals surface area (Å²) in [6.45, 7) is 15.4. The van der Waals surface area contributed by atoms with Crippen LogP contribution in [0.25, 0.3) is 0 Å². The van der Waals surface area contributed by atoms with Gasteiger partial charge < -0.3 is 9.57 Å². The highest BCUT2D eigenvalue weighted by molar-refractivity contribution is 5.71. The molecular weight excluding hydrogens is 208 g/mol. The summed E-state index contributed by atoms with van der Waals surface area (Å²) < 4.78 is 5.13. The first-order valence-corrected chi connectivity index (χ1v) is 4.79. The molecule has 0 fully saturated rings. The van der Waals surface area contributed by atoms with E-state index in [1.54, 1.807) is 20.8 Å². The van der Waals surface area contributed by atoms with Crippen LogP contribution in [0.15, 0.2) is 22.5 Å². The van der Waals surface area contributed by atoms with Crippen molar-refractivity contribution < 1.29 is 14.4 Å². The van der Waals surface area contributed by atoms with E-state index in [0.29, 0.717) is 0 Å². The molecule has 0 N–H and O–H groups in total. The Hall–Kier alpha value is -1.65. The van der Waals surface area contributed by atoms with Crippen molar-refractivity contribution in [3.05, 3.63) is 12.3 Å². The molecule has 16 heavy (non-hydrogen) atoms. The van der Waals surface area contributed by atoms with E-state index in [2.05, 4.69) is 30.2 Å². The van der Waals surface area contributed by atoms with Gasteiger partial charge in [0.15, 0.2) is 5.76 Å². The van der Waals surface area contributed by atoms with Crippen LogP contribution in [-0.4, -0.2) is 31.0 Å². The lowest BCUT2D eigenvalue weighted by molar-refractivity contribution is -0.155. The van der Waals surface area contributed by atoms with Crippen LogP contribution in [0.5, 0.6) is 0 Å². The number of nitrogens with zero attached hydrogens (tertiary/aromatic N) is 2. The Morgan fingerprint density at radius 2 is 1.94 bits per heavy atom. The van der Waals surface area contributed by atoms with Crippen molar-refractivity contribution in [2.75, 3.05) is 0 Å². The Bertz CT molecular complexity index is 292. The van der Waals surface area contributed by atoms with Crippen LogP contribution < -0.4 is 0 Å². The first-order valence-electron chi connectivity index (χ1n) is 4.79. The number of rotatable bonds is 6. The average molecular weight is 226 g/mol. The third kappa shape index (κ3) is 5.95. The molecule has 5 nitrogen and oxygen atoms in total. The molecule has 1 atom stereocenters. The fraction of sp³-hybridized carbons (Fsp3) is 0.545. The highest BCUT2D eigenvalue weighted by Gasteiger charge is 2.22. The van der Waals surface area contributed by atoms with E-state index < -0.39 is 17.6 Å². The molecule has 5 heteroatoms. The summed E-state index contributed by atoms with van der Waals surface area (Å²) in [6.07, 6.45) is 0.0229. The van der Waals surface area contributed by atoms with Crippen molar-refractivity contribution in [1.29, 1.82) is 0 Å². The zero-order chi connectivity index (χ0) is 12.8. The van der Waals surface area contributed by atoms with Gasteiger partial charge in [0.2, 0.25) is 0 Å². The lowest BCUT2D eigenvalue weighted by atomic mass is 10.1. The second-order valence-electron chi connectivity index (χ2n) is 4.18. The molecule has 0 bridgehead atoms. The number of aliphatic imine (C=N–C) groups is 1. The Balaban J connectivity index is 4.33. The van der Waals surface area contributed by atoms with Gasteiger partial charge in [-0.3, -0.25) is 9.79 Å². The summed E-state index contributed by atoms with van der Waals surface area (Å²) in [4.78, 5) is 19.9. The van der Waals surface area contributed by atoms with E-state index in [0.717, 1.165) is 0 Å². The van der Waals surface area contributed by atoms with E-state index in [4.69, 9.17) is 9.57 Å². The Labute approximate surface area is 95.8 Å². The first-order chi connectivity index (χ1) is 7.30. The molecule has 0 rings (SSSR count). The van der Waals surface area contributed by atoms with Crippen molar-refractivity contribution in [2.45, 2.75) is 38.8 Å². The molecule has 0 radical (unpaired) electrons.